The Morgan fingerprint density at radius 2 is 1.00 bits per heavy atom. The van der Waals surface area contributed by atoms with E-state index in [1.807, 2.05) is 0 Å². The van der Waals surface area contributed by atoms with Crippen LogP contribution in [0.4, 0.5) is 0 Å². The van der Waals surface area contributed by atoms with E-state index in [9.17, 15) is 0 Å². The van der Waals surface area contributed by atoms with E-state index in [2.05, 4.69) is 61.7 Å². The molecule has 0 nitrogen and oxygen atoms in total. The molecule has 4 rings (SSSR count). The number of benzene rings is 4. The maximum absolute atomic E-state index is 4.21. The molecule has 0 atom stereocenters. The van der Waals surface area contributed by atoms with Crippen LogP contribution in [-0.4, -0.2) is 0 Å². The second-order valence-corrected chi connectivity index (χ2v) is 4.83. The molecule has 4 aromatic rings. The quantitative estimate of drug-likeness (QED) is 0.405. The van der Waals surface area contributed by atoms with Gasteiger partial charge >= 0.3 is 0 Å². The molecule has 0 saturated heterocycles. The van der Waals surface area contributed by atoms with E-state index in [0.717, 1.165) is 10.4 Å². The second kappa shape index (κ2) is 3.11. The average Bonchev–Trinajstić information content (AvgIpc) is 2.43. The zero-order valence-corrected chi connectivity index (χ0v) is 10.0. The molecule has 0 N–H and O–H groups in total. The molecule has 18 heavy (non-hydrogen) atoms. The van der Waals surface area contributed by atoms with Crippen LogP contribution in [0.3, 0.4) is 0 Å². The van der Waals surface area contributed by atoms with Gasteiger partial charge in [-0.2, -0.15) is 0 Å². The van der Waals surface area contributed by atoms with Crippen molar-refractivity contribution in [1.82, 2.24) is 0 Å². The number of rotatable bonds is 0. The van der Waals surface area contributed by atoms with Crippen molar-refractivity contribution in [2.75, 3.05) is 0 Å². The van der Waals surface area contributed by atoms with E-state index in [1.165, 1.54) is 32.3 Å². The molecule has 4 aromatic carbocycles. The third-order valence-corrected chi connectivity index (χ3v) is 3.90. The van der Waals surface area contributed by atoms with E-state index in [0.29, 0.717) is 0 Å². The summed E-state index contributed by atoms with van der Waals surface area (Å²) in [7, 11) is 0. The smallest absolute Gasteiger partial charge is 0.00206 e. The monoisotopic (exact) mass is 228 g/mol. The van der Waals surface area contributed by atoms with E-state index < -0.39 is 0 Å². The first-order valence-electron chi connectivity index (χ1n) is 6.11. The van der Waals surface area contributed by atoms with Crippen molar-refractivity contribution >= 4 is 45.5 Å². The fourth-order valence-electron chi connectivity index (χ4n) is 2.98. The highest BCUT2D eigenvalue weighted by Gasteiger charge is 2.08. The van der Waals surface area contributed by atoms with E-state index in [-0.39, 0.29) is 0 Å². The molecule has 0 heterocycles. The van der Waals surface area contributed by atoms with Gasteiger partial charge in [0.05, 0.1) is 0 Å². The van der Waals surface area contributed by atoms with Crippen LogP contribution in [0.2, 0.25) is 0 Å². The maximum atomic E-state index is 4.21. The van der Waals surface area contributed by atoms with Gasteiger partial charge in [0.2, 0.25) is 0 Å². The molecule has 0 spiro atoms. The first-order chi connectivity index (χ1) is 8.77. The van der Waals surface area contributed by atoms with Gasteiger partial charge in [0.15, 0.2) is 0 Å². The van der Waals surface area contributed by atoms with E-state index in [1.54, 1.807) is 0 Å². The van der Waals surface area contributed by atoms with Crippen LogP contribution in [0, 0.1) is 0 Å². The molecule has 0 heteroatoms. The van der Waals surface area contributed by atoms with Crippen molar-refractivity contribution in [3.05, 3.63) is 59.0 Å². The molecule has 0 bridgehead atoms. The fourth-order valence-corrected chi connectivity index (χ4v) is 2.98. The lowest BCUT2D eigenvalue weighted by Gasteiger charge is -2.11. The lowest BCUT2D eigenvalue weighted by Crippen LogP contribution is -2.23. The zero-order chi connectivity index (χ0) is 12.3. The van der Waals surface area contributed by atoms with E-state index >= 15 is 0 Å². The normalized spacial score (nSPS) is 11.8. The van der Waals surface area contributed by atoms with Gasteiger partial charge in [-0.1, -0.05) is 61.7 Å². The lowest BCUT2D eigenvalue weighted by atomic mass is 9.92. The van der Waals surface area contributed by atoms with E-state index in [4.69, 9.17) is 0 Å². The van der Waals surface area contributed by atoms with Crippen molar-refractivity contribution in [2.24, 2.45) is 0 Å². The average molecular weight is 228 g/mol. The summed E-state index contributed by atoms with van der Waals surface area (Å²) in [6.07, 6.45) is 0. The van der Waals surface area contributed by atoms with Gasteiger partial charge < -0.3 is 0 Å². The molecular formula is C18H12. The Morgan fingerprint density at radius 3 is 1.44 bits per heavy atom. The summed E-state index contributed by atoms with van der Waals surface area (Å²) in [5.74, 6) is 0. The summed E-state index contributed by atoms with van der Waals surface area (Å²) >= 11 is 0. The van der Waals surface area contributed by atoms with Crippen molar-refractivity contribution in [2.45, 2.75) is 0 Å². The second-order valence-electron chi connectivity index (χ2n) is 4.83. The Hall–Kier alpha value is -2.34. The lowest BCUT2D eigenvalue weighted by molar-refractivity contribution is 1.67. The molecule has 0 fully saturated rings. The third-order valence-electron chi connectivity index (χ3n) is 3.90. The molecule has 0 saturated carbocycles. The predicted molar refractivity (Wildman–Crippen MR) is 80.4 cm³/mol. The standard InChI is InChI=1S/C18H12/c1-11-12(2)16-8-4-6-14-10-9-13-5-3-7-15(11)17(13)18(14)16/h3-10H,1-2H2. The van der Waals surface area contributed by atoms with Crippen LogP contribution in [0.25, 0.3) is 45.5 Å². The van der Waals surface area contributed by atoms with Crippen molar-refractivity contribution in [1.29, 1.82) is 0 Å². The Labute approximate surface area is 105 Å². The molecule has 0 amide bonds. The Kier molecular flexibility index (Phi) is 1.67. The molecule has 0 aliphatic carbocycles. The molecule has 0 radical (unpaired) electrons. The van der Waals surface area contributed by atoms with Gasteiger partial charge in [-0.15, -0.1) is 0 Å². The first-order valence-corrected chi connectivity index (χ1v) is 6.11. The third kappa shape index (κ3) is 1.01. The highest BCUT2D eigenvalue weighted by Crippen LogP contribution is 2.30. The maximum Gasteiger partial charge on any atom is -0.00206 e. The van der Waals surface area contributed by atoms with Crippen LogP contribution >= 0.6 is 0 Å². The van der Waals surface area contributed by atoms with Crippen LogP contribution in [0.5, 0.6) is 0 Å². The highest BCUT2D eigenvalue weighted by molar-refractivity contribution is 6.23. The van der Waals surface area contributed by atoms with Gasteiger partial charge in [0.1, 0.15) is 0 Å². The van der Waals surface area contributed by atoms with Gasteiger partial charge in [0.25, 0.3) is 0 Å². The molecular weight excluding hydrogens is 216 g/mol. The first kappa shape index (κ1) is 9.67. The Balaban J connectivity index is 2.62. The minimum absolute atomic E-state index is 1.05. The molecule has 0 aromatic heterocycles. The summed E-state index contributed by atoms with van der Waals surface area (Å²) in [5, 5.41) is 9.75. The Morgan fingerprint density at radius 1 is 0.556 bits per heavy atom. The summed E-state index contributed by atoms with van der Waals surface area (Å²) in [5.41, 5.74) is 0. The molecule has 0 aliphatic rings. The molecule has 0 aliphatic heterocycles. The molecule has 0 unspecified atom stereocenters. The van der Waals surface area contributed by atoms with Gasteiger partial charge in [-0.25, -0.2) is 0 Å². The van der Waals surface area contributed by atoms with Crippen LogP contribution in [-0.2, 0) is 0 Å². The van der Waals surface area contributed by atoms with Crippen molar-refractivity contribution in [3.8, 4) is 0 Å². The minimum Gasteiger partial charge on any atom is -0.0905 e. The fraction of sp³-hybridized carbons (Fsp3) is 0. The minimum atomic E-state index is 1.05. The summed E-state index contributed by atoms with van der Waals surface area (Å²) < 4.78 is 0. The van der Waals surface area contributed by atoms with Crippen molar-refractivity contribution < 1.29 is 0 Å². The summed E-state index contributed by atoms with van der Waals surface area (Å²) in [6.45, 7) is 8.41. The number of hydrogen-bond acceptors (Lipinski definition) is 0. The van der Waals surface area contributed by atoms with Gasteiger partial charge in [-0.05, 0) is 42.8 Å². The largest absolute Gasteiger partial charge is 0.0905 e. The van der Waals surface area contributed by atoms with Gasteiger partial charge in [-0.3, -0.25) is 0 Å². The summed E-state index contributed by atoms with van der Waals surface area (Å²) in [6, 6.07) is 17.2. The predicted octanol–water partition coefficient (Wildman–Crippen LogP) is 3.40. The topological polar surface area (TPSA) is 0 Å². The van der Waals surface area contributed by atoms with Crippen LogP contribution < -0.4 is 10.4 Å². The van der Waals surface area contributed by atoms with Crippen LogP contribution in [0.15, 0.2) is 48.5 Å². The highest BCUT2D eigenvalue weighted by atomic mass is 14.1. The number of hydrogen-bond donors (Lipinski definition) is 0. The SMILES string of the molecule is C=c1c(=C)c2cccc3ccc4cccc1c4c32. The molecule has 84 valence electrons. The zero-order valence-electron chi connectivity index (χ0n) is 10.0. The van der Waals surface area contributed by atoms with Crippen LogP contribution in [0.1, 0.15) is 0 Å². The van der Waals surface area contributed by atoms with Crippen molar-refractivity contribution in [3.63, 3.8) is 0 Å². The Bertz CT molecular complexity index is 910. The van der Waals surface area contributed by atoms with Gasteiger partial charge in [0, 0.05) is 0 Å². The summed E-state index contributed by atoms with van der Waals surface area (Å²) in [4.78, 5) is 0.